The van der Waals surface area contributed by atoms with E-state index in [4.69, 9.17) is 14.3 Å². The monoisotopic (exact) mass is 433 g/mol. The van der Waals surface area contributed by atoms with Crippen LogP contribution in [0.5, 0.6) is 5.75 Å². The van der Waals surface area contributed by atoms with Crippen molar-refractivity contribution >= 4 is 5.97 Å². The van der Waals surface area contributed by atoms with Crippen molar-refractivity contribution in [2.24, 2.45) is 0 Å². The van der Waals surface area contributed by atoms with Gasteiger partial charge < -0.3 is 14.3 Å². The van der Waals surface area contributed by atoms with Crippen LogP contribution >= 0.6 is 0 Å². The van der Waals surface area contributed by atoms with E-state index in [0.29, 0.717) is 42.2 Å². The zero-order chi connectivity index (χ0) is 22.6. The first-order valence-corrected chi connectivity index (χ1v) is 9.71. The fourth-order valence-corrected chi connectivity index (χ4v) is 3.13. The standard InChI is InChI=1S/C23H22F3NO4/c1-14-13-19(9-5-16(14)6-10-21(28)29)30-12-11-20-15(2)27-22(31-20)17-3-7-18(8-4-17)23(24,25)26/h3-5,7-9,13H,6,10-12H2,1-2H3,(H,28,29). The Morgan fingerprint density at radius 1 is 1.10 bits per heavy atom. The number of ether oxygens (including phenoxy) is 1. The Morgan fingerprint density at radius 3 is 2.42 bits per heavy atom. The van der Waals surface area contributed by atoms with E-state index < -0.39 is 17.7 Å². The molecular formula is C23H22F3NO4. The zero-order valence-electron chi connectivity index (χ0n) is 17.1. The second-order valence-corrected chi connectivity index (χ2v) is 7.18. The van der Waals surface area contributed by atoms with Crippen molar-refractivity contribution in [2.75, 3.05) is 6.61 Å². The first-order valence-electron chi connectivity index (χ1n) is 9.71. The van der Waals surface area contributed by atoms with E-state index in [0.717, 1.165) is 23.3 Å². The van der Waals surface area contributed by atoms with Crippen molar-refractivity contribution in [3.63, 3.8) is 0 Å². The van der Waals surface area contributed by atoms with Gasteiger partial charge in [0.2, 0.25) is 5.89 Å². The number of alkyl halides is 3. The number of aromatic nitrogens is 1. The molecule has 0 amide bonds. The fraction of sp³-hybridized carbons (Fsp3) is 0.304. The van der Waals surface area contributed by atoms with Gasteiger partial charge >= 0.3 is 12.1 Å². The van der Waals surface area contributed by atoms with Crippen LogP contribution in [-0.4, -0.2) is 22.7 Å². The van der Waals surface area contributed by atoms with Crippen LogP contribution in [0.1, 0.15) is 34.6 Å². The van der Waals surface area contributed by atoms with E-state index >= 15 is 0 Å². The minimum absolute atomic E-state index is 0.0765. The van der Waals surface area contributed by atoms with Crippen molar-refractivity contribution in [1.82, 2.24) is 4.98 Å². The highest BCUT2D eigenvalue weighted by Gasteiger charge is 2.30. The largest absolute Gasteiger partial charge is 0.493 e. The highest BCUT2D eigenvalue weighted by Crippen LogP contribution is 2.31. The molecule has 5 nitrogen and oxygen atoms in total. The molecule has 0 unspecified atom stereocenters. The van der Waals surface area contributed by atoms with E-state index in [1.807, 2.05) is 19.1 Å². The number of oxazole rings is 1. The first-order chi connectivity index (χ1) is 14.6. The maximum Gasteiger partial charge on any atom is 0.416 e. The van der Waals surface area contributed by atoms with Gasteiger partial charge in [0.15, 0.2) is 0 Å². The van der Waals surface area contributed by atoms with Gasteiger partial charge in [0.1, 0.15) is 11.5 Å². The quantitative estimate of drug-likeness (QED) is 0.500. The van der Waals surface area contributed by atoms with Crippen molar-refractivity contribution in [1.29, 1.82) is 0 Å². The number of carbonyl (C=O) groups is 1. The van der Waals surface area contributed by atoms with Crippen molar-refractivity contribution in [3.05, 3.63) is 70.6 Å². The molecular weight excluding hydrogens is 411 g/mol. The molecule has 1 heterocycles. The van der Waals surface area contributed by atoms with Gasteiger partial charge in [-0.05, 0) is 67.8 Å². The summed E-state index contributed by atoms with van der Waals surface area (Å²) in [6.45, 7) is 4.01. The van der Waals surface area contributed by atoms with Gasteiger partial charge in [-0.25, -0.2) is 4.98 Å². The Labute approximate surface area is 177 Å². The Morgan fingerprint density at radius 2 is 1.81 bits per heavy atom. The lowest BCUT2D eigenvalue weighted by Gasteiger charge is -2.09. The predicted octanol–water partition coefficient (Wildman–Crippen LogP) is 5.62. The number of hydrogen-bond acceptors (Lipinski definition) is 4. The minimum atomic E-state index is -4.39. The molecule has 0 saturated heterocycles. The third kappa shape index (κ3) is 5.87. The van der Waals surface area contributed by atoms with Gasteiger partial charge in [0.05, 0.1) is 17.9 Å². The van der Waals surface area contributed by atoms with Gasteiger partial charge in [-0.3, -0.25) is 4.79 Å². The van der Waals surface area contributed by atoms with Crippen molar-refractivity contribution < 1.29 is 32.2 Å². The molecule has 2 aromatic carbocycles. The average Bonchev–Trinajstić information content (AvgIpc) is 3.07. The van der Waals surface area contributed by atoms with Gasteiger partial charge in [0, 0.05) is 18.4 Å². The smallest absolute Gasteiger partial charge is 0.416 e. The van der Waals surface area contributed by atoms with Gasteiger partial charge in [-0.15, -0.1) is 0 Å². The summed E-state index contributed by atoms with van der Waals surface area (Å²) in [5.74, 6) is 0.694. The number of aliphatic carboxylic acids is 1. The molecule has 0 spiro atoms. The number of hydrogen-bond donors (Lipinski definition) is 1. The third-order valence-electron chi connectivity index (χ3n) is 4.87. The molecule has 8 heteroatoms. The molecule has 0 aliphatic heterocycles. The third-order valence-corrected chi connectivity index (χ3v) is 4.87. The van der Waals surface area contributed by atoms with Gasteiger partial charge in [-0.2, -0.15) is 13.2 Å². The first kappa shape index (κ1) is 22.4. The fourth-order valence-electron chi connectivity index (χ4n) is 3.13. The Bertz CT molecular complexity index is 1060. The Balaban J connectivity index is 1.60. The summed E-state index contributed by atoms with van der Waals surface area (Å²) in [6.07, 6.45) is -3.40. The molecule has 164 valence electrons. The molecule has 3 rings (SSSR count). The SMILES string of the molecule is Cc1cc(OCCc2oc(-c3ccc(C(F)(F)F)cc3)nc2C)ccc1CCC(=O)O. The number of carboxylic acids is 1. The number of aryl methyl sites for hydroxylation is 3. The van der Waals surface area contributed by atoms with Crippen molar-refractivity contribution in [3.8, 4) is 17.2 Å². The Hall–Kier alpha value is -3.29. The number of halogens is 3. The van der Waals surface area contributed by atoms with Gasteiger partial charge in [-0.1, -0.05) is 6.07 Å². The summed E-state index contributed by atoms with van der Waals surface area (Å²) in [5, 5.41) is 8.80. The lowest BCUT2D eigenvalue weighted by Crippen LogP contribution is -2.04. The molecule has 3 aromatic rings. The molecule has 0 radical (unpaired) electrons. The Kier molecular flexibility index (Phi) is 6.68. The van der Waals surface area contributed by atoms with Crippen LogP contribution < -0.4 is 4.74 Å². The number of benzene rings is 2. The highest BCUT2D eigenvalue weighted by atomic mass is 19.4. The van der Waals surface area contributed by atoms with E-state index in [2.05, 4.69) is 4.98 Å². The second-order valence-electron chi connectivity index (χ2n) is 7.18. The van der Waals surface area contributed by atoms with Crippen LogP contribution in [0.15, 0.2) is 46.9 Å². The molecule has 0 saturated carbocycles. The highest BCUT2D eigenvalue weighted by molar-refractivity contribution is 5.67. The number of rotatable bonds is 8. The summed E-state index contributed by atoms with van der Waals surface area (Å²) >= 11 is 0. The predicted molar refractivity (Wildman–Crippen MR) is 108 cm³/mol. The van der Waals surface area contributed by atoms with Crippen LogP contribution in [0.4, 0.5) is 13.2 Å². The summed E-state index contributed by atoms with van der Waals surface area (Å²) < 4.78 is 49.6. The zero-order valence-corrected chi connectivity index (χ0v) is 17.1. The van der Waals surface area contributed by atoms with E-state index in [9.17, 15) is 18.0 Å². The molecule has 1 aromatic heterocycles. The second kappa shape index (κ2) is 9.24. The van der Waals surface area contributed by atoms with Crippen LogP contribution in [0.3, 0.4) is 0 Å². The molecule has 31 heavy (non-hydrogen) atoms. The van der Waals surface area contributed by atoms with Crippen LogP contribution in [0, 0.1) is 13.8 Å². The van der Waals surface area contributed by atoms with E-state index in [-0.39, 0.29) is 12.3 Å². The van der Waals surface area contributed by atoms with E-state index in [1.165, 1.54) is 12.1 Å². The topological polar surface area (TPSA) is 72.6 Å². The molecule has 0 aliphatic rings. The molecule has 0 aliphatic carbocycles. The summed E-state index contributed by atoms with van der Waals surface area (Å²) in [4.78, 5) is 15.0. The summed E-state index contributed by atoms with van der Waals surface area (Å²) in [7, 11) is 0. The summed E-state index contributed by atoms with van der Waals surface area (Å²) in [5.41, 5.74) is 2.31. The normalized spacial score (nSPS) is 11.5. The molecule has 1 N–H and O–H groups in total. The van der Waals surface area contributed by atoms with Crippen LogP contribution in [0.2, 0.25) is 0 Å². The summed E-state index contributed by atoms with van der Waals surface area (Å²) in [6, 6.07) is 10.2. The van der Waals surface area contributed by atoms with Crippen molar-refractivity contribution in [2.45, 2.75) is 39.3 Å². The van der Waals surface area contributed by atoms with Crippen LogP contribution in [0.25, 0.3) is 11.5 Å². The van der Waals surface area contributed by atoms with E-state index in [1.54, 1.807) is 13.0 Å². The number of carboxylic acid groups (broad SMARTS) is 1. The minimum Gasteiger partial charge on any atom is -0.493 e. The van der Waals surface area contributed by atoms with Gasteiger partial charge in [0.25, 0.3) is 0 Å². The molecule has 0 bridgehead atoms. The molecule has 0 fully saturated rings. The van der Waals surface area contributed by atoms with Crippen LogP contribution in [-0.2, 0) is 23.8 Å². The lowest BCUT2D eigenvalue weighted by molar-refractivity contribution is -0.138. The molecule has 0 atom stereocenters. The average molecular weight is 433 g/mol. The maximum atomic E-state index is 12.7. The lowest BCUT2D eigenvalue weighted by atomic mass is 10.0. The maximum absolute atomic E-state index is 12.7. The number of nitrogens with zero attached hydrogens (tertiary/aromatic N) is 1.